The van der Waals surface area contributed by atoms with Crippen LogP contribution in [0.4, 0.5) is 0 Å². The van der Waals surface area contributed by atoms with E-state index in [0.717, 1.165) is 16.7 Å². The summed E-state index contributed by atoms with van der Waals surface area (Å²) in [7, 11) is 0. The summed E-state index contributed by atoms with van der Waals surface area (Å²) in [4.78, 5) is 23.9. The Labute approximate surface area is 159 Å². The molecule has 136 valence electrons. The third kappa shape index (κ3) is 4.06. The molecule has 0 fully saturated rings. The van der Waals surface area contributed by atoms with E-state index in [1.54, 1.807) is 0 Å². The van der Waals surface area contributed by atoms with Crippen LogP contribution in [-0.4, -0.2) is 11.8 Å². The summed E-state index contributed by atoms with van der Waals surface area (Å²) in [5.41, 5.74) is 7.18. The molecule has 0 unspecified atom stereocenters. The van der Waals surface area contributed by atoms with E-state index in [-0.39, 0.29) is 18.7 Å². The van der Waals surface area contributed by atoms with Crippen LogP contribution in [-0.2, 0) is 15.1 Å². The molecule has 3 aromatic rings. The number of nitrogens with two attached hydrogens (primary N) is 1. The summed E-state index contributed by atoms with van der Waals surface area (Å²) in [5.74, 6) is -0.722. The highest BCUT2D eigenvalue weighted by Gasteiger charge is 2.37. The Morgan fingerprint density at radius 3 is 1.37 bits per heavy atom. The van der Waals surface area contributed by atoms with E-state index in [1.807, 2.05) is 91.0 Å². The molecule has 27 heavy (non-hydrogen) atoms. The van der Waals surface area contributed by atoms with E-state index in [4.69, 9.17) is 5.73 Å². The molecule has 2 amide bonds. The highest BCUT2D eigenvalue weighted by molar-refractivity contribution is 5.84. The molecule has 3 rings (SSSR count). The van der Waals surface area contributed by atoms with Gasteiger partial charge >= 0.3 is 0 Å². The zero-order chi connectivity index (χ0) is 19.1. The average molecular weight is 358 g/mol. The van der Waals surface area contributed by atoms with Crippen LogP contribution in [0.25, 0.3) is 0 Å². The SMILES string of the molecule is NC(=O)CCC(=O)NC(c1ccccc1)(c1ccccc1)c1ccccc1. The van der Waals surface area contributed by atoms with Crippen LogP contribution in [0, 0.1) is 0 Å². The second-order valence-corrected chi connectivity index (χ2v) is 6.36. The van der Waals surface area contributed by atoms with E-state index in [2.05, 4.69) is 5.32 Å². The molecule has 0 aromatic heterocycles. The van der Waals surface area contributed by atoms with Gasteiger partial charge in [-0.3, -0.25) is 9.59 Å². The van der Waals surface area contributed by atoms with Gasteiger partial charge < -0.3 is 11.1 Å². The molecule has 0 aliphatic heterocycles. The van der Waals surface area contributed by atoms with Crippen LogP contribution >= 0.6 is 0 Å². The highest BCUT2D eigenvalue weighted by Crippen LogP contribution is 2.36. The number of primary amides is 1. The molecular formula is C23H22N2O2. The van der Waals surface area contributed by atoms with Gasteiger partial charge in [0.25, 0.3) is 0 Å². The van der Waals surface area contributed by atoms with Crippen LogP contribution in [0.2, 0.25) is 0 Å². The Bertz CT molecular complexity index is 797. The first-order valence-corrected chi connectivity index (χ1v) is 8.89. The van der Waals surface area contributed by atoms with Crippen molar-refractivity contribution in [3.8, 4) is 0 Å². The summed E-state index contributed by atoms with van der Waals surface area (Å²) in [5, 5.41) is 3.19. The highest BCUT2D eigenvalue weighted by atomic mass is 16.2. The third-order valence-electron chi connectivity index (χ3n) is 4.55. The van der Waals surface area contributed by atoms with E-state index < -0.39 is 11.4 Å². The largest absolute Gasteiger partial charge is 0.370 e. The number of nitrogens with one attached hydrogen (secondary N) is 1. The van der Waals surface area contributed by atoms with Crippen molar-refractivity contribution in [1.29, 1.82) is 0 Å². The molecule has 0 aliphatic rings. The van der Waals surface area contributed by atoms with Crippen molar-refractivity contribution < 1.29 is 9.59 Å². The van der Waals surface area contributed by atoms with Gasteiger partial charge in [-0.25, -0.2) is 0 Å². The standard InChI is InChI=1S/C23H22N2O2/c24-21(26)16-17-22(27)25-23(18-10-4-1-5-11-18,19-12-6-2-7-13-19)20-14-8-3-9-15-20/h1-15H,16-17H2,(H2,24,26)(H,25,27). The number of amides is 2. The van der Waals surface area contributed by atoms with Crippen molar-refractivity contribution in [2.45, 2.75) is 18.4 Å². The molecule has 0 atom stereocenters. The molecule has 4 heteroatoms. The maximum absolute atomic E-state index is 12.8. The number of hydrogen-bond acceptors (Lipinski definition) is 2. The molecule has 0 heterocycles. The number of carbonyl (C=O) groups excluding carboxylic acids is 2. The lowest BCUT2D eigenvalue weighted by Crippen LogP contribution is -2.48. The summed E-state index contributed by atoms with van der Waals surface area (Å²) in [6.07, 6.45) is 0.0594. The summed E-state index contributed by atoms with van der Waals surface area (Å²) in [6, 6.07) is 29.5. The van der Waals surface area contributed by atoms with E-state index in [1.165, 1.54) is 0 Å². The average Bonchev–Trinajstić information content (AvgIpc) is 2.72. The molecule has 0 saturated heterocycles. The summed E-state index contributed by atoms with van der Waals surface area (Å²) < 4.78 is 0. The second kappa shape index (κ2) is 8.32. The second-order valence-electron chi connectivity index (χ2n) is 6.36. The molecule has 0 aliphatic carbocycles. The van der Waals surface area contributed by atoms with Crippen LogP contribution in [0.5, 0.6) is 0 Å². The van der Waals surface area contributed by atoms with Gasteiger partial charge in [-0.1, -0.05) is 91.0 Å². The Balaban J connectivity index is 2.17. The number of hydrogen-bond donors (Lipinski definition) is 2. The van der Waals surface area contributed by atoms with Crippen LogP contribution in [0.1, 0.15) is 29.5 Å². The molecule has 0 saturated carbocycles. The van der Waals surface area contributed by atoms with Gasteiger partial charge in [0.2, 0.25) is 11.8 Å². The third-order valence-corrected chi connectivity index (χ3v) is 4.55. The minimum atomic E-state index is -0.863. The maximum Gasteiger partial charge on any atom is 0.221 e. The van der Waals surface area contributed by atoms with E-state index in [9.17, 15) is 9.59 Å². The van der Waals surface area contributed by atoms with Crippen LogP contribution in [0.3, 0.4) is 0 Å². The first-order valence-electron chi connectivity index (χ1n) is 8.89. The molecule has 3 N–H and O–H groups in total. The molecular weight excluding hydrogens is 336 g/mol. The van der Waals surface area contributed by atoms with Gasteiger partial charge in [-0.05, 0) is 16.7 Å². The van der Waals surface area contributed by atoms with Crippen molar-refractivity contribution in [1.82, 2.24) is 5.32 Å². The number of benzene rings is 3. The van der Waals surface area contributed by atoms with Gasteiger partial charge in [-0.2, -0.15) is 0 Å². The Morgan fingerprint density at radius 1 is 0.667 bits per heavy atom. The topological polar surface area (TPSA) is 72.2 Å². The van der Waals surface area contributed by atoms with Gasteiger partial charge in [0.15, 0.2) is 0 Å². The van der Waals surface area contributed by atoms with Gasteiger partial charge in [-0.15, -0.1) is 0 Å². The zero-order valence-electron chi connectivity index (χ0n) is 15.0. The predicted molar refractivity (Wildman–Crippen MR) is 106 cm³/mol. The predicted octanol–water partition coefficient (Wildman–Crippen LogP) is 3.36. The summed E-state index contributed by atoms with van der Waals surface area (Å²) >= 11 is 0. The normalized spacial score (nSPS) is 11.0. The molecule has 3 aromatic carbocycles. The van der Waals surface area contributed by atoms with Crippen molar-refractivity contribution in [2.24, 2.45) is 5.73 Å². The lowest BCUT2D eigenvalue weighted by molar-refractivity contribution is -0.125. The van der Waals surface area contributed by atoms with Gasteiger partial charge in [0.05, 0.1) is 0 Å². The molecule has 4 nitrogen and oxygen atoms in total. The quantitative estimate of drug-likeness (QED) is 0.636. The smallest absolute Gasteiger partial charge is 0.221 e. The number of rotatable bonds is 7. The van der Waals surface area contributed by atoms with Crippen molar-refractivity contribution in [3.05, 3.63) is 108 Å². The minimum absolute atomic E-state index is 0.0142. The fraction of sp³-hybridized carbons (Fsp3) is 0.130. The van der Waals surface area contributed by atoms with Crippen molar-refractivity contribution >= 4 is 11.8 Å². The Kier molecular flexibility index (Phi) is 5.67. The minimum Gasteiger partial charge on any atom is -0.370 e. The van der Waals surface area contributed by atoms with Crippen molar-refractivity contribution in [2.75, 3.05) is 0 Å². The molecule has 0 radical (unpaired) electrons. The molecule has 0 spiro atoms. The van der Waals surface area contributed by atoms with Crippen molar-refractivity contribution in [3.63, 3.8) is 0 Å². The lowest BCUT2D eigenvalue weighted by Gasteiger charge is -2.37. The van der Waals surface area contributed by atoms with Gasteiger partial charge in [0, 0.05) is 12.8 Å². The lowest BCUT2D eigenvalue weighted by atomic mass is 9.77. The van der Waals surface area contributed by atoms with E-state index >= 15 is 0 Å². The summed E-state index contributed by atoms with van der Waals surface area (Å²) in [6.45, 7) is 0. The van der Waals surface area contributed by atoms with Gasteiger partial charge in [0.1, 0.15) is 5.54 Å². The van der Waals surface area contributed by atoms with E-state index in [0.29, 0.717) is 0 Å². The maximum atomic E-state index is 12.8. The molecule has 0 bridgehead atoms. The fourth-order valence-corrected chi connectivity index (χ4v) is 3.29. The van der Waals surface area contributed by atoms with Crippen LogP contribution < -0.4 is 11.1 Å². The zero-order valence-corrected chi connectivity index (χ0v) is 15.0. The number of carbonyl (C=O) groups is 2. The monoisotopic (exact) mass is 358 g/mol. The first kappa shape index (κ1) is 18.4. The fourth-order valence-electron chi connectivity index (χ4n) is 3.29. The van der Waals surface area contributed by atoms with Crippen LogP contribution in [0.15, 0.2) is 91.0 Å². The Morgan fingerprint density at radius 2 is 1.04 bits per heavy atom. The first-order chi connectivity index (χ1) is 13.1. The Hall–Kier alpha value is -3.40.